The molecule has 5 aromatic carbocycles. The molecule has 0 fully saturated rings. The van der Waals surface area contributed by atoms with Crippen molar-refractivity contribution in [3.05, 3.63) is 121 Å². The number of allylic oxidation sites excluding steroid dienone is 1. The van der Waals surface area contributed by atoms with Gasteiger partial charge in [-0.2, -0.15) is 0 Å². The normalized spacial score (nSPS) is 11.9. The third kappa shape index (κ3) is 3.89. The standard InChI is InChI=1S/C33H24N2/c1-34-21-7-9-23-8-6-11-27(22-23)24-15-17-26(18-16-24)32-29-13-4-5-14-31(29)35-33-28-12-3-2-10-25(28)19-20-30(32)33/h2-22H,1H3/b9-7-,34-21?. The smallest absolute Gasteiger partial charge is 0.0794 e. The van der Waals surface area contributed by atoms with Gasteiger partial charge in [-0.05, 0) is 45.8 Å². The first-order valence-corrected chi connectivity index (χ1v) is 11.8. The van der Waals surface area contributed by atoms with Gasteiger partial charge in [-0.25, -0.2) is 4.98 Å². The first kappa shape index (κ1) is 21.0. The summed E-state index contributed by atoms with van der Waals surface area (Å²) in [6.45, 7) is 0. The molecule has 2 nitrogen and oxygen atoms in total. The topological polar surface area (TPSA) is 25.2 Å². The van der Waals surface area contributed by atoms with Crippen molar-refractivity contribution in [3.8, 4) is 22.3 Å². The Labute approximate surface area is 204 Å². The number of aliphatic imine (C=N–C) groups is 1. The molecule has 0 aliphatic carbocycles. The Morgan fingerprint density at radius 1 is 0.629 bits per heavy atom. The Hall–Kier alpha value is -4.56. The molecule has 0 aliphatic rings. The summed E-state index contributed by atoms with van der Waals surface area (Å²) in [7, 11) is 1.78. The number of para-hydroxylation sites is 1. The number of fused-ring (bicyclic) bond motifs is 4. The van der Waals surface area contributed by atoms with Crippen molar-refractivity contribution in [1.82, 2.24) is 4.98 Å². The second kappa shape index (κ2) is 9.00. The van der Waals surface area contributed by atoms with Crippen LogP contribution in [0.15, 0.2) is 120 Å². The van der Waals surface area contributed by atoms with Gasteiger partial charge in [0.05, 0.1) is 11.0 Å². The van der Waals surface area contributed by atoms with Crippen molar-refractivity contribution in [3.63, 3.8) is 0 Å². The molecule has 1 aromatic heterocycles. The molecule has 0 unspecified atom stereocenters. The van der Waals surface area contributed by atoms with Gasteiger partial charge in [0.15, 0.2) is 0 Å². The monoisotopic (exact) mass is 448 g/mol. The van der Waals surface area contributed by atoms with E-state index < -0.39 is 0 Å². The van der Waals surface area contributed by atoms with Crippen LogP contribution in [-0.2, 0) is 0 Å². The largest absolute Gasteiger partial charge is 0.297 e. The van der Waals surface area contributed by atoms with Crippen LogP contribution in [0, 0.1) is 0 Å². The lowest BCUT2D eigenvalue weighted by Crippen LogP contribution is -1.90. The third-order valence-corrected chi connectivity index (χ3v) is 6.49. The molecule has 35 heavy (non-hydrogen) atoms. The van der Waals surface area contributed by atoms with Gasteiger partial charge in [-0.15, -0.1) is 0 Å². The van der Waals surface area contributed by atoms with Crippen LogP contribution in [0.5, 0.6) is 0 Å². The molecule has 6 aromatic rings. The average Bonchev–Trinajstić information content (AvgIpc) is 2.92. The first-order chi connectivity index (χ1) is 17.3. The van der Waals surface area contributed by atoms with Gasteiger partial charge < -0.3 is 0 Å². The highest BCUT2D eigenvalue weighted by Crippen LogP contribution is 2.38. The quantitative estimate of drug-likeness (QED) is 0.151. The zero-order chi connectivity index (χ0) is 23.6. The van der Waals surface area contributed by atoms with Gasteiger partial charge in [0.1, 0.15) is 0 Å². The Bertz CT molecular complexity index is 1740. The predicted molar refractivity (Wildman–Crippen MR) is 151 cm³/mol. The van der Waals surface area contributed by atoms with E-state index in [1.165, 1.54) is 43.8 Å². The molecule has 0 radical (unpaired) electrons. The Balaban J connectivity index is 1.51. The number of hydrogen-bond acceptors (Lipinski definition) is 2. The molecule has 2 heteroatoms. The molecule has 0 saturated heterocycles. The summed E-state index contributed by atoms with van der Waals surface area (Å²) in [6, 6.07) is 38.8. The van der Waals surface area contributed by atoms with Gasteiger partial charge in [0, 0.05) is 35.0 Å². The lowest BCUT2D eigenvalue weighted by molar-refractivity contribution is 1.48. The number of pyridine rings is 1. The van der Waals surface area contributed by atoms with Crippen LogP contribution in [0.1, 0.15) is 5.56 Å². The summed E-state index contributed by atoms with van der Waals surface area (Å²) in [6.07, 6.45) is 5.84. The third-order valence-electron chi connectivity index (χ3n) is 6.49. The molecule has 6 rings (SSSR count). The molecule has 0 amide bonds. The molecule has 0 aliphatic heterocycles. The van der Waals surface area contributed by atoms with Crippen LogP contribution < -0.4 is 0 Å². The van der Waals surface area contributed by atoms with Crippen LogP contribution in [0.3, 0.4) is 0 Å². The van der Waals surface area contributed by atoms with E-state index in [9.17, 15) is 0 Å². The zero-order valence-electron chi connectivity index (χ0n) is 19.5. The van der Waals surface area contributed by atoms with E-state index in [0.29, 0.717) is 0 Å². The SMILES string of the molecule is CN=C/C=C\c1cccc(-c2ccc(-c3c4ccccc4nc4c3ccc3ccccc34)cc2)c1. The van der Waals surface area contributed by atoms with Crippen molar-refractivity contribution in [2.45, 2.75) is 0 Å². The van der Waals surface area contributed by atoms with Crippen molar-refractivity contribution >= 4 is 44.9 Å². The lowest BCUT2D eigenvalue weighted by Gasteiger charge is -2.14. The summed E-state index contributed by atoms with van der Waals surface area (Å²) in [4.78, 5) is 9.10. The highest BCUT2D eigenvalue weighted by Gasteiger charge is 2.13. The average molecular weight is 449 g/mol. The minimum Gasteiger partial charge on any atom is -0.297 e. The van der Waals surface area contributed by atoms with Crippen molar-refractivity contribution < 1.29 is 0 Å². The maximum Gasteiger partial charge on any atom is 0.0794 e. The molecule has 1 heterocycles. The predicted octanol–water partition coefficient (Wildman–Crippen LogP) is 8.59. The van der Waals surface area contributed by atoms with E-state index >= 15 is 0 Å². The van der Waals surface area contributed by atoms with Crippen molar-refractivity contribution in [2.75, 3.05) is 7.05 Å². The molecule has 0 atom stereocenters. The summed E-state index contributed by atoms with van der Waals surface area (Å²) < 4.78 is 0. The summed E-state index contributed by atoms with van der Waals surface area (Å²) in [5, 5.41) is 4.75. The van der Waals surface area contributed by atoms with E-state index in [2.05, 4.69) is 120 Å². The maximum atomic E-state index is 5.08. The van der Waals surface area contributed by atoms with E-state index in [1.54, 1.807) is 13.3 Å². The fraction of sp³-hybridized carbons (Fsp3) is 0.0303. The van der Waals surface area contributed by atoms with Crippen LogP contribution in [0.4, 0.5) is 0 Å². The maximum absolute atomic E-state index is 5.08. The van der Waals surface area contributed by atoms with Crippen molar-refractivity contribution in [2.24, 2.45) is 4.99 Å². The zero-order valence-corrected chi connectivity index (χ0v) is 19.5. The number of aromatic nitrogens is 1. The number of benzene rings is 5. The van der Waals surface area contributed by atoms with Crippen LogP contribution >= 0.6 is 0 Å². The molecule has 0 N–H and O–H groups in total. The summed E-state index contributed by atoms with van der Waals surface area (Å²) >= 11 is 0. The fourth-order valence-electron chi connectivity index (χ4n) is 4.83. The number of nitrogens with zero attached hydrogens (tertiary/aromatic N) is 2. The molecule has 0 saturated carbocycles. The number of rotatable bonds is 4. The molecular formula is C33H24N2. The van der Waals surface area contributed by atoms with Crippen LogP contribution in [-0.4, -0.2) is 18.2 Å². The second-order valence-electron chi connectivity index (χ2n) is 8.66. The van der Waals surface area contributed by atoms with E-state index in [0.717, 1.165) is 16.6 Å². The van der Waals surface area contributed by atoms with Gasteiger partial charge in [-0.3, -0.25) is 4.99 Å². The Kier molecular flexibility index (Phi) is 5.40. The Morgan fingerprint density at radius 2 is 1.40 bits per heavy atom. The first-order valence-electron chi connectivity index (χ1n) is 11.8. The van der Waals surface area contributed by atoms with Gasteiger partial charge in [-0.1, -0.05) is 103 Å². The highest BCUT2D eigenvalue weighted by molar-refractivity contribution is 6.16. The summed E-state index contributed by atoms with van der Waals surface area (Å²) in [5.41, 5.74) is 8.05. The summed E-state index contributed by atoms with van der Waals surface area (Å²) in [5.74, 6) is 0. The minimum atomic E-state index is 1.02. The number of hydrogen-bond donors (Lipinski definition) is 0. The van der Waals surface area contributed by atoms with E-state index in [1.807, 2.05) is 6.08 Å². The Morgan fingerprint density at radius 3 is 2.26 bits per heavy atom. The van der Waals surface area contributed by atoms with Gasteiger partial charge in [0.25, 0.3) is 0 Å². The van der Waals surface area contributed by atoms with E-state index in [4.69, 9.17) is 4.98 Å². The highest BCUT2D eigenvalue weighted by atomic mass is 14.7. The molecule has 0 bridgehead atoms. The van der Waals surface area contributed by atoms with E-state index in [-0.39, 0.29) is 0 Å². The van der Waals surface area contributed by atoms with Crippen LogP contribution in [0.2, 0.25) is 0 Å². The van der Waals surface area contributed by atoms with Gasteiger partial charge >= 0.3 is 0 Å². The van der Waals surface area contributed by atoms with Gasteiger partial charge in [0.2, 0.25) is 0 Å². The molecular weight excluding hydrogens is 424 g/mol. The minimum absolute atomic E-state index is 1.02. The molecule has 166 valence electrons. The fourth-order valence-corrected chi connectivity index (χ4v) is 4.83. The second-order valence-corrected chi connectivity index (χ2v) is 8.66. The molecule has 0 spiro atoms. The van der Waals surface area contributed by atoms with Crippen molar-refractivity contribution in [1.29, 1.82) is 0 Å². The lowest BCUT2D eigenvalue weighted by atomic mass is 9.93. The van der Waals surface area contributed by atoms with Crippen LogP contribution in [0.25, 0.3) is 60.9 Å².